The van der Waals surface area contributed by atoms with Crippen LogP contribution in [0.1, 0.15) is 16.1 Å². The van der Waals surface area contributed by atoms with Gasteiger partial charge in [-0.05, 0) is 30.7 Å². The number of amides is 2. The van der Waals surface area contributed by atoms with Crippen LogP contribution in [0.25, 0.3) is 12.2 Å². The summed E-state index contributed by atoms with van der Waals surface area (Å²) in [5, 5.41) is 14.6. The van der Waals surface area contributed by atoms with Gasteiger partial charge in [0.1, 0.15) is 5.01 Å². The summed E-state index contributed by atoms with van der Waals surface area (Å²) in [7, 11) is 0. The van der Waals surface area contributed by atoms with E-state index >= 15 is 0 Å². The zero-order valence-electron chi connectivity index (χ0n) is 13.1. The van der Waals surface area contributed by atoms with E-state index < -0.39 is 0 Å². The topological polar surface area (TPSA) is 66.9 Å². The number of hydrogen-bond donors (Lipinski definition) is 2. The van der Waals surface area contributed by atoms with Gasteiger partial charge in [0, 0.05) is 5.69 Å². The van der Waals surface area contributed by atoms with Gasteiger partial charge >= 0.3 is 6.03 Å². The quantitative estimate of drug-likeness (QED) is 0.728. The number of nitrogens with one attached hydrogen (secondary N) is 2. The molecule has 3 aromatic rings. The summed E-state index contributed by atoms with van der Waals surface area (Å²) < 4.78 is 0. The Morgan fingerprint density at radius 2 is 1.71 bits per heavy atom. The smallest absolute Gasteiger partial charge is 0.308 e. The van der Waals surface area contributed by atoms with E-state index in [0.29, 0.717) is 5.13 Å². The Bertz CT molecular complexity index is 841. The SMILES string of the molecule is Cc1ccc(NC(=O)Nc2nnc(/C=C/c3ccccc3)s2)cc1. The van der Waals surface area contributed by atoms with Crippen LogP contribution in [0.3, 0.4) is 0 Å². The first kappa shape index (κ1) is 15.9. The highest BCUT2D eigenvalue weighted by atomic mass is 32.1. The summed E-state index contributed by atoms with van der Waals surface area (Å²) in [6.07, 6.45) is 3.83. The number of rotatable bonds is 4. The van der Waals surface area contributed by atoms with Gasteiger partial charge < -0.3 is 5.32 Å². The highest BCUT2D eigenvalue weighted by molar-refractivity contribution is 7.16. The number of benzene rings is 2. The van der Waals surface area contributed by atoms with Crippen LogP contribution in [0, 0.1) is 6.92 Å². The molecule has 0 bridgehead atoms. The van der Waals surface area contributed by atoms with Crippen molar-refractivity contribution in [2.45, 2.75) is 6.92 Å². The first-order valence-corrected chi connectivity index (χ1v) is 8.22. The van der Waals surface area contributed by atoms with Crippen molar-refractivity contribution in [2.75, 3.05) is 10.6 Å². The van der Waals surface area contributed by atoms with Gasteiger partial charge in [0.25, 0.3) is 0 Å². The fourth-order valence-corrected chi connectivity index (χ4v) is 2.62. The van der Waals surface area contributed by atoms with Crippen LogP contribution >= 0.6 is 11.3 Å². The lowest BCUT2D eigenvalue weighted by Crippen LogP contribution is -2.19. The molecule has 0 atom stereocenters. The standard InChI is InChI=1S/C18H16N4OS/c1-13-7-10-15(11-8-13)19-17(23)20-18-22-21-16(24-18)12-9-14-5-3-2-4-6-14/h2-12H,1H3,(H2,19,20,22,23)/b12-9+. The predicted octanol–water partition coefficient (Wildman–Crippen LogP) is 4.66. The Hall–Kier alpha value is -2.99. The summed E-state index contributed by atoms with van der Waals surface area (Å²) in [6.45, 7) is 2.00. The third-order valence-corrected chi connectivity index (χ3v) is 3.99. The van der Waals surface area contributed by atoms with Gasteiger partial charge in [0.2, 0.25) is 5.13 Å². The summed E-state index contributed by atoms with van der Waals surface area (Å²) in [6, 6.07) is 17.2. The molecule has 5 nitrogen and oxygen atoms in total. The number of nitrogens with zero attached hydrogens (tertiary/aromatic N) is 2. The lowest BCUT2D eigenvalue weighted by molar-refractivity contribution is 0.262. The number of aryl methyl sites for hydroxylation is 1. The molecule has 2 N–H and O–H groups in total. The van der Waals surface area contributed by atoms with Crippen molar-refractivity contribution in [3.05, 3.63) is 70.7 Å². The number of urea groups is 1. The minimum Gasteiger partial charge on any atom is -0.308 e. The number of carbonyl (C=O) groups is 1. The molecule has 2 amide bonds. The highest BCUT2D eigenvalue weighted by Crippen LogP contribution is 2.18. The molecule has 2 aromatic carbocycles. The van der Waals surface area contributed by atoms with Crippen molar-refractivity contribution in [2.24, 2.45) is 0 Å². The van der Waals surface area contributed by atoms with Crippen molar-refractivity contribution in [3.63, 3.8) is 0 Å². The van der Waals surface area contributed by atoms with Crippen LogP contribution < -0.4 is 10.6 Å². The summed E-state index contributed by atoms with van der Waals surface area (Å²) in [4.78, 5) is 12.0. The van der Waals surface area contributed by atoms with E-state index in [-0.39, 0.29) is 6.03 Å². The van der Waals surface area contributed by atoms with E-state index in [2.05, 4.69) is 20.8 Å². The highest BCUT2D eigenvalue weighted by Gasteiger charge is 2.07. The van der Waals surface area contributed by atoms with Gasteiger partial charge in [-0.3, -0.25) is 5.32 Å². The third kappa shape index (κ3) is 4.50. The fourth-order valence-electron chi connectivity index (χ4n) is 1.98. The van der Waals surface area contributed by atoms with Gasteiger partial charge in [-0.1, -0.05) is 65.4 Å². The van der Waals surface area contributed by atoms with E-state index in [1.807, 2.05) is 73.7 Å². The summed E-state index contributed by atoms with van der Waals surface area (Å²) >= 11 is 1.31. The second-order valence-electron chi connectivity index (χ2n) is 5.13. The fraction of sp³-hybridized carbons (Fsp3) is 0.0556. The van der Waals surface area contributed by atoms with E-state index in [9.17, 15) is 4.79 Å². The number of anilines is 2. The van der Waals surface area contributed by atoms with E-state index in [0.717, 1.165) is 21.8 Å². The molecule has 3 rings (SSSR count). The molecule has 1 aromatic heterocycles. The maximum absolute atomic E-state index is 12.0. The van der Waals surface area contributed by atoms with Crippen molar-refractivity contribution in [1.29, 1.82) is 0 Å². The number of carbonyl (C=O) groups excluding carboxylic acids is 1. The van der Waals surface area contributed by atoms with Crippen LogP contribution in [0.5, 0.6) is 0 Å². The van der Waals surface area contributed by atoms with Gasteiger partial charge in [-0.2, -0.15) is 0 Å². The molecule has 0 saturated carbocycles. The third-order valence-electron chi connectivity index (χ3n) is 3.19. The van der Waals surface area contributed by atoms with E-state index in [4.69, 9.17) is 0 Å². The molecule has 24 heavy (non-hydrogen) atoms. The number of aromatic nitrogens is 2. The molecule has 6 heteroatoms. The molecular weight excluding hydrogens is 320 g/mol. The Kier molecular flexibility index (Phi) is 4.98. The number of hydrogen-bond acceptors (Lipinski definition) is 4. The molecule has 1 heterocycles. The van der Waals surface area contributed by atoms with E-state index in [1.54, 1.807) is 0 Å². The molecule has 0 unspecified atom stereocenters. The molecular formula is C18H16N4OS. The van der Waals surface area contributed by atoms with Gasteiger partial charge in [0.05, 0.1) is 0 Å². The van der Waals surface area contributed by atoms with Crippen molar-refractivity contribution >= 4 is 40.3 Å². The lowest BCUT2D eigenvalue weighted by Gasteiger charge is -2.04. The maximum atomic E-state index is 12.0. The summed E-state index contributed by atoms with van der Waals surface area (Å²) in [5.41, 5.74) is 2.95. The Labute approximate surface area is 144 Å². The Morgan fingerprint density at radius 1 is 0.958 bits per heavy atom. The zero-order valence-corrected chi connectivity index (χ0v) is 13.9. The van der Waals surface area contributed by atoms with E-state index in [1.165, 1.54) is 11.3 Å². The Balaban J connectivity index is 1.58. The van der Waals surface area contributed by atoms with Crippen molar-refractivity contribution in [1.82, 2.24) is 10.2 Å². The largest absolute Gasteiger partial charge is 0.325 e. The lowest BCUT2D eigenvalue weighted by atomic mass is 10.2. The molecule has 120 valence electrons. The average Bonchev–Trinajstić information content (AvgIpc) is 3.03. The maximum Gasteiger partial charge on any atom is 0.325 e. The second-order valence-corrected chi connectivity index (χ2v) is 6.14. The van der Waals surface area contributed by atoms with Crippen molar-refractivity contribution in [3.8, 4) is 0 Å². The molecule has 0 aliphatic rings. The van der Waals surface area contributed by atoms with Crippen LogP contribution in [0.15, 0.2) is 54.6 Å². The summed E-state index contributed by atoms with van der Waals surface area (Å²) in [5.74, 6) is 0. The first-order chi connectivity index (χ1) is 11.7. The molecule has 0 radical (unpaired) electrons. The predicted molar refractivity (Wildman–Crippen MR) is 99.1 cm³/mol. The van der Waals surface area contributed by atoms with Gasteiger partial charge in [0.15, 0.2) is 0 Å². The van der Waals surface area contributed by atoms with Crippen LogP contribution in [0.4, 0.5) is 15.6 Å². The molecule has 0 saturated heterocycles. The molecule has 0 spiro atoms. The van der Waals surface area contributed by atoms with Gasteiger partial charge in [-0.25, -0.2) is 4.79 Å². The monoisotopic (exact) mass is 336 g/mol. The van der Waals surface area contributed by atoms with Crippen LogP contribution in [-0.4, -0.2) is 16.2 Å². The first-order valence-electron chi connectivity index (χ1n) is 7.40. The minimum absolute atomic E-state index is 0.339. The van der Waals surface area contributed by atoms with Gasteiger partial charge in [-0.15, -0.1) is 10.2 Å². The van der Waals surface area contributed by atoms with Crippen LogP contribution in [-0.2, 0) is 0 Å². The molecule has 0 aliphatic heterocycles. The second kappa shape index (κ2) is 7.52. The Morgan fingerprint density at radius 3 is 2.46 bits per heavy atom. The normalized spacial score (nSPS) is 10.7. The molecule has 0 fully saturated rings. The minimum atomic E-state index is -0.339. The zero-order chi connectivity index (χ0) is 16.8. The van der Waals surface area contributed by atoms with Crippen LogP contribution in [0.2, 0.25) is 0 Å². The average molecular weight is 336 g/mol. The van der Waals surface area contributed by atoms with Crippen molar-refractivity contribution < 1.29 is 4.79 Å². The molecule has 0 aliphatic carbocycles.